The first kappa shape index (κ1) is 13.9. The average molecular weight is 310 g/mol. The lowest BCUT2D eigenvalue weighted by atomic mass is 10.0. The SMILES string of the molecule is O[C@@H]1CN(Cc2ccc(Cl)s2)C[C@H]1Cc1cnccn1. The van der Waals surface area contributed by atoms with Gasteiger partial charge in [0.2, 0.25) is 0 Å². The number of aromatic nitrogens is 2. The first-order chi connectivity index (χ1) is 9.70. The van der Waals surface area contributed by atoms with E-state index in [9.17, 15) is 5.11 Å². The highest BCUT2D eigenvalue weighted by Gasteiger charge is 2.31. The second-order valence-corrected chi connectivity index (χ2v) is 6.93. The fourth-order valence-corrected chi connectivity index (χ4v) is 3.76. The molecule has 1 aliphatic heterocycles. The van der Waals surface area contributed by atoms with Gasteiger partial charge in [0.05, 0.1) is 16.1 Å². The number of thiophene rings is 1. The molecule has 3 rings (SSSR count). The standard InChI is InChI=1S/C14H16ClN3OS/c15-14-2-1-12(20-14)8-18-7-10(13(19)9-18)5-11-6-16-3-4-17-11/h1-4,6,10,13,19H,5,7-9H2/t10-,13-/m1/s1. The smallest absolute Gasteiger partial charge is 0.0931 e. The van der Waals surface area contributed by atoms with E-state index in [0.717, 1.165) is 29.5 Å². The van der Waals surface area contributed by atoms with E-state index in [1.807, 2.05) is 6.07 Å². The molecule has 0 saturated carbocycles. The maximum Gasteiger partial charge on any atom is 0.0931 e. The van der Waals surface area contributed by atoms with Crippen LogP contribution in [0.25, 0.3) is 0 Å². The van der Waals surface area contributed by atoms with Crippen LogP contribution in [0.4, 0.5) is 0 Å². The van der Waals surface area contributed by atoms with Gasteiger partial charge in [0.25, 0.3) is 0 Å². The van der Waals surface area contributed by atoms with Gasteiger partial charge >= 0.3 is 0 Å². The third kappa shape index (κ3) is 3.35. The summed E-state index contributed by atoms with van der Waals surface area (Å²) >= 11 is 7.55. The van der Waals surface area contributed by atoms with E-state index in [1.54, 1.807) is 29.9 Å². The molecule has 1 saturated heterocycles. The lowest BCUT2D eigenvalue weighted by Crippen LogP contribution is -2.20. The van der Waals surface area contributed by atoms with E-state index in [-0.39, 0.29) is 12.0 Å². The second-order valence-electron chi connectivity index (χ2n) is 5.13. The Kier molecular flexibility index (Phi) is 4.31. The molecule has 3 heterocycles. The molecular weight excluding hydrogens is 294 g/mol. The molecule has 2 atom stereocenters. The molecule has 0 amide bonds. The summed E-state index contributed by atoms with van der Waals surface area (Å²) in [7, 11) is 0. The van der Waals surface area contributed by atoms with Gasteiger partial charge in [0.1, 0.15) is 0 Å². The largest absolute Gasteiger partial charge is 0.391 e. The Morgan fingerprint density at radius 1 is 1.35 bits per heavy atom. The number of hydrogen-bond acceptors (Lipinski definition) is 5. The minimum Gasteiger partial charge on any atom is -0.391 e. The van der Waals surface area contributed by atoms with Crippen LogP contribution in [0.5, 0.6) is 0 Å². The third-order valence-corrected chi connectivity index (χ3v) is 4.79. The summed E-state index contributed by atoms with van der Waals surface area (Å²) in [5.74, 6) is 0.224. The Balaban J connectivity index is 1.59. The summed E-state index contributed by atoms with van der Waals surface area (Å²) in [6.45, 7) is 2.44. The van der Waals surface area contributed by atoms with Gasteiger partial charge in [-0.1, -0.05) is 11.6 Å². The number of likely N-dealkylation sites (tertiary alicyclic amines) is 1. The van der Waals surface area contributed by atoms with Gasteiger partial charge < -0.3 is 5.11 Å². The second kappa shape index (κ2) is 6.18. The Bertz CT molecular complexity index is 563. The van der Waals surface area contributed by atoms with Gasteiger partial charge in [0, 0.05) is 49.0 Å². The van der Waals surface area contributed by atoms with Crippen LogP contribution in [0.3, 0.4) is 0 Å². The fourth-order valence-electron chi connectivity index (χ4n) is 2.63. The molecule has 0 unspecified atom stereocenters. The first-order valence-electron chi connectivity index (χ1n) is 6.60. The number of nitrogens with zero attached hydrogens (tertiary/aromatic N) is 3. The molecule has 4 nitrogen and oxygen atoms in total. The van der Waals surface area contributed by atoms with Crippen molar-refractivity contribution < 1.29 is 5.11 Å². The van der Waals surface area contributed by atoms with Crippen molar-refractivity contribution in [3.63, 3.8) is 0 Å². The summed E-state index contributed by atoms with van der Waals surface area (Å²) < 4.78 is 0.816. The Morgan fingerprint density at radius 3 is 2.95 bits per heavy atom. The molecule has 6 heteroatoms. The zero-order valence-electron chi connectivity index (χ0n) is 10.9. The highest BCUT2D eigenvalue weighted by molar-refractivity contribution is 7.16. The van der Waals surface area contributed by atoms with Gasteiger partial charge in [-0.05, 0) is 18.6 Å². The molecule has 0 spiro atoms. The molecule has 20 heavy (non-hydrogen) atoms. The van der Waals surface area contributed by atoms with Gasteiger partial charge in [-0.3, -0.25) is 14.9 Å². The van der Waals surface area contributed by atoms with Crippen molar-refractivity contribution >= 4 is 22.9 Å². The number of aliphatic hydroxyl groups is 1. The topological polar surface area (TPSA) is 49.2 Å². The van der Waals surface area contributed by atoms with Crippen molar-refractivity contribution in [1.82, 2.24) is 14.9 Å². The number of β-amino-alcohol motifs (C(OH)–C–C–N with tert-alkyl or cyclic N) is 1. The zero-order chi connectivity index (χ0) is 13.9. The summed E-state index contributed by atoms with van der Waals surface area (Å²) in [6, 6.07) is 3.97. The maximum absolute atomic E-state index is 10.2. The van der Waals surface area contributed by atoms with E-state index in [1.165, 1.54) is 4.88 Å². The minimum atomic E-state index is -0.299. The monoisotopic (exact) mass is 309 g/mol. The molecule has 2 aromatic rings. The number of hydrogen-bond donors (Lipinski definition) is 1. The van der Waals surface area contributed by atoms with Crippen LogP contribution in [0, 0.1) is 5.92 Å². The fraction of sp³-hybridized carbons (Fsp3) is 0.429. The van der Waals surface area contributed by atoms with Crippen molar-refractivity contribution in [1.29, 1.82) is 0 Å². The molecule has 0 aliphatic carbocycles. The number of halogens is 1. The van der Waals surface area contributed by atoms with Crippen LogP contribution in [-0.4, -0.2) is 39.2 Å². The van der Waals surface area contributed by atoms with E-state index in [4.69, 9.17) is 11.6 Å². The lowest BCUT2D eigenvalue weighted by Gasteiger charge is -2.14. The van der Waals surface area contributed by atoms with Crippen LogP contribution >= 0.6 is 22.9 Å². The molecule has 1 N–H and O–H groups in total. The van der Waals surface area contributed by atoms with E-state index >= 15 is 0 Å². The predicted molar refractivity (Wildman–Crippen MR) is 79.8 cm³/mol. The first-order valence-corrected chi connectivity index (χ1v) is 7.79. The van der Waals surface area contributed by atoms with Crippen molar-refractivity contribution in [3.8, 4) is 0 Å². The highest BCUT2D eigenvalue weighted by atomic mass is 35.5. The summed E-state index contributed by atoms with van der Waals surface area (Å²) in [6.07, 6.45) is 5.61. The van der Waals surface area contributed by atoms with Gasteiger partial charge in [-0.2, -0.15) is 0 Å². The molecule has 106 valence electrons. The Labute approximate surface area is 127 Å². The number of rotatable bonds is 4. The summed E-state index contributed by atoms with van der Waals surface area (Å²) in [5.41, 5.74) is 0.942. The van der Waals surface area contributed by atoms with E-state index in [0.29, 0.717) is 6.54 Å². The van der Waals surface area contributed by atoms with Gasteiger partial charge in [-0.25, -0.2) is 0 Å². The normalized spacial score (nSPS) is 23.3. The lowest BCUT2D eigenvalue weighted by molar-refractivity contribution is 0.140. The highest BCUT2D eigenvalue weighted by Crippen LogP contribution is 2.26. The molecule has 0 aromatic carbocycles. The van der Waals surface area contributed by atoms with Crippen molar-refractivity contribution in [2.45, 2.75) is 19.1 Å². The zero-order valence-corrected chi connectivity index (χ0v) is 12.5. The van der Waals surface area contributed by atoms with Crippen LogP contribution in [0.15, 0.2) is 30.7 Å². The average Bonchev–Trinajstić information content (AvgIpc) is 2.98. The molecule has 0 radical (unpaired) electrons. The van der Waals surface area contributed by atoms with Gasteiger partial charge in [-0.15, -0.1) is 11.3 Å². The Hall–Kier alpha value is -1.01. The molecule has 1 fully saturated rings. The van der Waals surface area contributed by atoms with Crippen LogP contribution in [-0.2, 0) is 13.0 Å². The molecule has 0 bridgehead atoms. The van der Waals surface area contributed by atoms with E-state index in [2.05, 4.69) is 20.9 Å². The predicted octanol–water partition coefficient (Wildman–Crippen LogP) is 2.23. The quantitative estimate of drug-likeness (QED) is 0.941. The van der Waals surface area contributed by atoms with Crippen LogP contribution < -0.4 is 0 Å². The van der Waals surface area contributed by atoms with Crippen LogP contribution in [0.2, 0.25) is 4.34 Å². The van der Waals surface area contributed by atoms with Crippen LogP contribution in [0.1, 0.15) is 10.6 Å². The van der Waals surface area contributed by atoms with E-state index < -0.39 is 0 Å². The molecule has 2 aromatic heterocycles. The van der Waals surface area contributed by atoms with Crippen molar-refractivity contribution in [2.24, 2.45) is 5.92 Å². The van der Waals surface area contributed by atoms with Gasteiger partial charge in [0.15, 0.2) is 0 Å². The molecule has 1 aliphatic rings. The third-order valence-electron chi connectivity index (χ3n) is 3.58. The summed E-state index contributed by atoms with van der Waals surface area (Å²) in [5, 5.41) is 10.2. The molecular formula is C14H16ClN3OS. The minimum absolute atomic E-state index is 0.224. The number of aliphatic hydroxyl groups excluding tert-OH is 1. The maximum atomic E-state index is 10.2. The van der Waals surface area contributed by atoms with Crippen molar-refractivity contribution in [3.05, 3.63) is 45.6 Å². The summed E-state index contributed by atoms with van der Waals surface area (Å²) in [4.78, 5) is 11.9. The Morgan fingerprint density at radius 2 is 2.25 bits per heavy atom. The van der Waals surface area contributed by atoms with Crippen molar-refractivity contribution in [2.75, 3.05) is 13.1 Å².